The predicted molar refractivity (Wildman–Crippen MR) is 107 cm³/mol. The molecule has 0 atom stereocenters. The van der Waals surface area contributed by atoms with E-state index in [9.17, 15) is 0 Å². The molecule has 0 bridgehead atoms. The number of pyridine rings is 1. The summed E-state index contributed by atoms with van der Waals surface area (Å²) in [6, 6.07) is 21.4. The minimum absolute atomic E-state index is 0.591. The van der Waals surface area contributed by atoms with Crippen LogP contribution in [0, 0.1) is 6.57 Å². The molecule has 0 saturated carbocycles. The average molecular weight is 362 g/mol. The first-order valence-electron chi connectivity index (χ1n) is 8.83. The normalized spacial score (nSPS) is 11.0. The van der Waals surface area contributed by atoms with Crippen molar-refractivity contribution in [2.24, 2.45) is 0 Å². The first-order valence-corrected chi connectivity index (χ1v) is 8.83. The molecule has 0 radical (unpaired) electrons. The van der Waals surface area contributed by atoms with Crippen molar-refractivity contribution in [2.45, 2.75) is 6.42 Å². The predicted octanol–water partition coefficient (Wildman–Crippen LogP) is 4.48. The molecule has 2 aromatic carbocycles. The Bertz CT molecular complexity index is 1360. The summed E-state index contributed by atoms with van der Waals surface area (Å²) in [4.78, 5) is 7.85. The van der Waals surface area contributed by atoms with Gasteiger partial charge in [0, 0.05) is 18.0 Å². The van der Waals surface area contributed by atoms with Crippen LogP contribution in [0.5, 0.6) is 0 Å². The van der Waals surface area contributed by atoms with Crippen molar-refractivity contribution < 1.29 is 0 Å². The van der Waals surface area contributed by atoms with Gasteiger partial charge in [0.25, 0.3) is 0 Å². The molecule has 0 amide bonds. The van der Waals surface area contributed by atoms with Gasteiger partial charge in [0.2, 0.25) is 0 Å². The molecule has 0 N–H and O–H groups in total. The molecule has 3 heterocycles. The van der Waals surface area contributed by atoms with Crippen molar-refractivity contribution in [3.05, 3.63) is 95.7 Å². The lowest BCUT2D eigenvalue weighted by Gasteiger charge is -2.05. The second-order valence-corrected chi connectivity index (χ2v) is 6.47. The summed E-state index contributed by atoms with van der Waals surface area (Å²) in [5.74, 6) is 0.765. The van der Waals surface area contributed by atoms with Crippen LogP contribution in [-0.2, 0) is 6.42 Å². The van der Waals surface area contributed by atoms with E-state index in [1.165, 1.54) is 0 Å². The number of aromatic nitrogens is 5. The lowest BCUT2D eigenvalue weighted by Crippen LogP contribution is -2.01. The second-order valence-electron chi connectivity index (χ2n) is 6.47. The molecule has 28 heavy (non-hydrogen) atoms. The van der Waals surface area contributed by atoms with Crippen LogP contribution in [0.4, 0.5) is 5.69 Å². The number of hydrogen-bond donors (Lipinski definition) is 0. The lowest BCUT2D eigenvalue weighted by atomic mass is 10.1. The van der Waals surface area contributed by atoms with E-state index in [1.54, 1.807) is 16.8 Å². The maximum Gasteiger partial charge on any atom is 0.187 e. The van der Waals surface area contributed by atoms with E-state index < -0.39 is 0 Å². The summed E-state index contributed by atoms with van der Waals surface area (Å²) in [5, 5.41) is 14.4. The maximum absolute atomic E-state index is 7.20. The molecule has 0 fully saturated rings. The van der Waals surface area contributed by atoms with Gasteiger partial charge >= 0.3 is 0 Å². The molecule has 5 aromatic rings. The number of hydrogen-bond acceptors (Lipinski definition) is 4. The van der Waals surface area contributed by atoms with E-state index in [1.807, 2.05) is 42.5 Å². The summed E-state index contributed by atoms with van der Waals surface area (Å²) >= 11 is 0. The van der Waals surface area contributed by atoms with E-state index >= 15 is 0 Å². The van der Waals surface area contributed by atoms with Gasteiger partial charge in [0.05, 0.1) is 17.8 Å². The average Bonchev–Trinajstić information content (AvgIpc) is 3.15. The fourth-order valence-corrected chi connectivity index (χ4v) is 3.25. The van der Waals surface area contributed by atoms with Crippen molar-refractivity contribution in [1.29, 1.82) is 0 Å². The van der Waals surface area contributed by atoms with Gasteiger partial charge in [-0.15, -0.1) is 10.2 Å². The molecule has 0 unspecified atom stereocenters. The zero-order chi connectivity index (χ0) is 18.9. The largest absolute Gasteiger partial charge is 0.256 e. The zero-order valence-electron chi connectivity index (χ0n) is 14.8. The quantitative estimate of drug-likeness (QED) is 0.444. The third-order valence-electron chi connectivity index (χ3n) is 4.63. The first-order chi connectivity index (χ1) is 13.8. The second kappa shape index (κ2) is 6.56. The Morgan fingerprint density at radius 1 is 0.929 bits per heavy atom. The number of rotatable bonds is 3. The van der Waals surface area contributed by atoms with Crippen LogP contribution in [-0.4, -0.2) is 24.8 Å². The molecular formula is C22H14N6. The third kappa shape index (κ3) is 2.85. The van der Waals surface area contributed by atoms with Crippen molar-refractivity contribution in [1.82, 2.24) is 24.8 Å². The summed E-state index contributed by atoms with van der Waals surface area (Å²) < 4.78 is 1.77. The Balaban J connectivity index is 1.55. The van der Waals surface area contributed by atoms with Gasteiger partial charge in [-0.25, -0.2) is 4.85 Å². The SMILES string of the molecule is [C-]#[N+]c1cccc(-c2ccc3nnc(Cc4ccc5ncccc5c4)n3n2)c1. The Kier molecular flexibility index (Phi) is 3.77. The summed E-state index contributed by atoms with van der Waals surface area (Å²) in [7, 11) is 0. The van der Waals surface area contributed by atoms with Gasteiger partial charge in [0.1, 0.15) is 0 Å². The van der Waals surface area contributed by atoms with Crippen LogP contribution < -0.4 is 0 Å². The van der Waals surface area contributed by atoms with Gasteiger partial charge in [-0.3, -0.25) is 4.98 Å². The molecular weight excluding hydrogens is 348 g/mol. The van der Waals surface area contributed by atoms with E-state index in [0.717, 1.165) is 33.5 Å². The smallest absolute Gasteiger partial charge is 0.187 e. The standard InChI is InChI=1S/C22H14N6/c1-23-18-6-2-4-17(14-18)20-9-10-21-25-26-22(28(21)27-20)13-15-7-8-19-16(12-15)5-3-11-24-19/h2-12,14H,13H2. The Morgan fingerprint density at radius 2 is 1.89 bits per heavy atom. The van der Waals surface area contributed by atoms with Crippen molar-refractivity contribution in [3.63, 3.8) is 0 Å². The summed E-state index contributed by atoms with van der Waals surface area (Å²) in [6.45, 7) is 7.20. The molecule has 0 aliphatic rings. The van der Waals surface area contributed by atoms with E-state index in [0.29, 0.717) is 17.8 Å². The van der Waals surface area contributed by atoms with Gasteiger partial charge in [-0.1, -0.05) is 30.3 Å². The van der Waals surface area contributed by atoms with Crippen molar-refractivity contribution >= 4 is 22.2 Å². The lowest BCUT2D eigenvalue weighted by molar-refractivity contribution is 0.842. The summed E-state index contributed by atoms with van der Waals surface area (Å²) in [5.41, 5.74) is 5.05. The van der Waals surface area contributed by atoms with Crippen LogP contribution >= 0.6 is 0 Å². The molecule has 0 saturated heterocycles. The van der Waals surface area contributed by atoms with Crippen LogP contribution in [0.15, 0.2) is 72.9 Å². The highest BCUT2D eigenvalue weighted by atomic mass is 15.4. The highest BCUT2D eigenvalue weighted by molar-refractivity contribution is 5.79. The topological polar surface area (TPSA) is 60.3 Å². The van der Waals surface area contributed by atoms with E-state index in [2.05, 4.69) is 38.2 Å². The van der Waals surface area contributed by atoms with Gasteiger partial charge in [-0.05, 0) is 47.5 Å². The molecule has 6 heteroatoms. The van der Waals surface area contributed by atoms with Gasteiger partial charge in [-0.2, -0.15) is 9.61 Å². The van der Waals surface area contributed by atoms with E-state index in [-0.39, 0.29) is 0 Å². The minimum atomic E-state index is 0.591. The zero-order valence-corrected chi connectivity index (χ0v) is 14.8. The van der Waals surface area contributed by atoms with Crippen molar-refractivity contribution in [2.75, 3.05) is 0 Å². The number of fused-ring (bicyclic) bond motifs is 2. The molecule has 0 spiro atoms. The molecule has 5 rings (SSSR count). The fraction of sp³-hybridized carbons (Fsp3) is 0.0455. The molecule has 0 aliphatic carbocycles. The molecule has 6 nitrogen and oxygen atoms in total. The highest BCUT2D eigenvalue weighted by Crippen LogP contribution is 2.23. The molecule has 3 aromatic heterocycles. The van der Waals surface area contributed by atoms with Crippen LogP contribution in [0.3, 0.4) is 0 Å². The molecule has 132 valence electrons. The monoisotopic (exact) mass is 362 g/mol. The van der Waals surface area contributed by atoms with E-state index in [4.69, 9.17) is 11.7 Å². The Labute approximate surface area is 160 Å². The minimum Gasteiger partial charge on any atom is -0.256 e. The van der Waals surface area contributed by atoms with Gasteiger partial charge in [0.15, 0.2) is 17.2 Å². The molecule has 0 aliphatic heterocycles. The highest BCUT2D eigenvalue weighted by Gasteiger charge is 2.10. The van der Waals surface area contributed by atoms with Crippen molar-refractivity contribution in [3.8, 4) is 11.3 Å². The van der Waals surface area contributed by atoms with Crippen LogP contribution in [0.25, 0.3) is 32.7 Å². The third-order valence-corrected chi connectivity index (χ3v) is 4.63. The summed E-state index contributed by atoms with van der Waals surface area (Å²) in [6.07, 6.45) is 2.41. The fourth-order valence-electron chi connectivity index (χ4n) is 3.25. The number of nitrogens with zero attached hydrogens (tertiary/aromatic N) is 6. The van der Waals surface area contributed by atoms with Crippen LogP contribution in [0.2, 0.25) is 0 Å². The maximum atomic E-state index is 7.20. The first kappa shape index (κ1) is 16.1. The van der Waals surface area contributed by atoms with Crippen LogP contribution in [0.1, 0.15) is 11.4 Å². The Hall–Kier alpha value is -4.11. The van der Waals surface area contributed by atoms with Gasteiger partial charge < -0.3 is 0 Å². The number of benzene rings is 2. The Morgan fingerprint density at radius 3 is 2.82 bits per heavy atom.